The molecule has 1 atom stereocenters. The highest BCUT2D eigenvalue weighted by Gasteiger charge is 2.12. The summed E-state index contributed by atoms with van der Waals surface area (Å²) in [5.74, 6) is 1.84. The van der Waals surface area contributed by atoms with Crippen molar-refractivity contribution < 1.29 is 9.47 Å². The minimum atomic E-state index is 0.0975. The zero-order chi connectivity index (χ0) is 17.4. The fourth-order valence-electron chi connectivity index (χ4n) is 3.02. The molecule has 0 aliphatic rings. The van der Waals surface area contributed by atoms with Gasteiger partial charge in [-0.1, -0.05) is 30.3 Å². The summed E-state index contributed by atoms with van der Waals surface area (Å²) in [5.41, 5.74) is 9.65. The van der Waals surface area contributed by atoms with Gasteiger partial charge in [0, 0.05) is 6.04 Å². The molecular weight excluding hydrogens is 298 g/mol. The van der Waals surface area contributed by atoms with Crippen LogP contribution in [0.4, 0.5) is 0 Å². The highest BCUT2D eigenvalue weighted by Crippen LogP contribution is 2.31. The Morgan fingerprint density at radius 3 is 2.08 bits per heavy atom. The van der Waals surface area contributed by atoms with Crippen molar-refractivity contribution in [1.29, 1.82) is 0 Å². The van der Waals surface area contributed by atoms with Gasteiger partial charge in [0.05, 0.1) is 14.2 Å². The molecule has 0 radical (unpaired) electrons. The molecule has 0 saturated carbocycles. The first-order valence-corrected chi connectivity index (χ1v) is 8.67. The smallest absolute Gasteiger partial charge is 0.122 e. The van der Waals surface area contributed by atoms with Gasteiger partial charge >= 0.3 is 0 Å². The fraction of sp³-hybridized carbons (Fsp3) is 0.429. The highest BCUT2D eigenvalue weighted by molar-refractivity contribution is 5.47. The third-order valence-electron chi connectivity index (χ3n) is 4.23. The van der Waals surface area contributed by atoms with Gasteiger partial charge in [-0.2, -0.15) is 0 Å². The molecule has 24 heavy (non-hydrogen) atoms. The van der Waals surface area contributed by atoms with Crippen LogP contribution in [0.1, 0.15) is 36.5 Å². The molecule has 2 aromatic rings. The normalized spacial score (nSPS) is 12.0. The number of rotatable bonds is 9. The Morgan fingerprint density at radius 2 is 1.46 bits per heavy atom. The minimum Gasteiger partial charge on any atom is -0.496 e. The molecule has 0 bridgehead atoms. The zero-order valence-electron chi connectivity index (χ0n) is 15.0. The first-order valence-electron chi connectivity index (χ1n) is 8.67. The van der Waals surface area contributed by atoms with Crippen LogP contribution in [0, 0.1) is 0 Å². The van der Waals surface area contributed by atoms with Gasteiger partial charge in [0.1, 0.15) is 11.5 Å². The van der Waals surface area contributed by atoms with Gasteiger partial charge in [-0.15, -0.1) is 0 Å². The summed E-state index contributed by atoms with van der Waals surface area (Å²) in [6.45, 7) is 2.00. The van der Waals surface area contributed by atoms with E-state index < -0.39 is 0 Å². The molecule has 0 aliphatic heterocycles. The summed E-state index contributed by atoms with van der Waals surface area (Å²) in [5, 5.41) is 0. The standard InChI is InChI=1S/C21H29NO2/c1-16(22)13-19-15-20(23-2)18(14-21(19)24-3)12-8-7-11-17-9-5-4-6-10-17/h4-6,9-10,14-16H,7-8,11-13,22H2,1-3H3. The quantitative estimate of drug-likeness (QED) is 0.703. The van der Waals surface area contributed by atoms with Crippen molar-refractivity contribution in [3.63, 3.8) is 0 Å². The van der Waals surface area contributed by atoms with E-state index in [-0.39, 0.29) is 6.04 Å². The number of unbranched alkanes of at least 4 members (excludes halogenated alkanes) is 1. The summed E-state index contributed by atoms with van der Waals surface area (Å²) >= 11 is 0. The fourth-order valence-corrected chi connectivity index (χ4v) is 3.02. The highest BCUT2D eigenvalue weighted by atomic mass is 16.5. The summed E-state index contributed by atoms with van der Waals surface area (Å²) < 4.78 is 11.1. The van der Waals surface area contributed by atoms with Crippen molar-refractivity contribution in [2.75, 3.05) is 14.2 Å². The Bertz CT molecular complexity index is 623. The SMILES string of the molecule is COc1cc(CC(C)N)c(OC)cc1CCCCc1ccccc1. The Balaban J connectivity index is 2.00. The molecule has 0 fully saturated rings. The second-order valence-corrected chi connectivity index (χ2v) is 6.35. The van der Waals surface area contributed by atoms with Crippen LogP contribution in [-0.2, 0) is 19.3 Å². The molecule has 2 N–H and O–H groups in total. The van der Waals surface area contributed by atoms with E-state index in [1.54, 1.807) is 14.2 Å². The van der Waals surface area contributed by atoms with Gasteiger partial charge in [-0.25, -0.2) is 0 Å². The maximum absolute atomic E-state index is 5.93. The van der Waals surface area contributed by atoms with Crippen molar-refractivity contribution >= 4 is 0 Å². The molecule has 0 amide bonds. The Labute approximate surface area is 145 Å². The van der Waals surface area contributed by atoms with E-state index in [9.17, 15) is 0 Å². The summed E-state index contributed by atoms with van der Waals surface area (Å²) in [6, 6.07) is 14.9. The maximum atomic E-state index is 5.93. The van der Waals surface area contributed by atoms with Gasteiger partial charge in [0.2, 0.25) is 0 Å². The first kappa shape index (κ1) is 18.3. The number of hydrogen-bond acceptors (Lipinski definition) is 3. The van der Waals surface area contributed by atoms with Crippen molar-refractivity contribution in [3.8, 4) is 11.5 Å². The maximum Gasteiger partial charge on any atom is 0.122 e. The number of ether oxygens (including phenoxy) is 2. The molecule has 0 aromatic heterocycles. The van der Waals surface area contributed by atoms with Crippen LogP contribution in [0.2, 0.25) is 0 Å². The molecule has 3 heteroatoms. The molecule has 0 aliphatic carbocycles. The molecule has 2 rings (SSSR count). The lowest BCUT2D eigenvalue weighted by molar-refractivity contribution is 0.393. The summed E-state index contributed by atoms with van der Waals surface area (Å²) in [6.07, 6.45) is 5.18. The monoisotopic (exact) mass is 327 g/mol. The minimum absolute atomic E-state index is 0.0975. The largest absolute Gasteiger partial charge is 0.496 e. The number of aryl methyl sites for hydroxylation is 2. The molecule has 1 unspecified atom stereocenters. The lowest BCUT2D eigenvalue weighted by atomic mass is 9.99. The Morgan fingerprint density at radius 1 is 0.875 bits per heavy atom. The number of benzene rings is 2. The first-order chi connectivity index (χ1) is 11.6. The zero-order valence-corrected chi connectivity index (χ0v) is 15.0. The molecule has 0 heterocycles. The van der Waals surface area contributed by atoms with Crippen LogP contribution in [0.25, 0.3) is 0 Å². The summed E-state index contributed by atoms with van der Waals surface area (Å²) in [7, 11) is 3.44. The van der Waals surface area contributed by atoms with Crippen LogP contribution >= 0.6 is 0 Å². The van der Waals surface area contributed by atoms with E-state index in [0.29, 0.717) is 0 Å². The lowest BCUT2D eigenvalue weighted by Crippen LogP contribution is -2.18. The van der Waals surface area contributed by atoms with Crippen LogP contribution in [-0.4, -0.2) is 20.3 Å². The van der Waals surface area contributed by atoms with E-state index in [4.69, 9.17) is 15.2 Å². The second kappa shape index (κ2) is 9.33. The van der Waals surface area contributed by atoms with E-state index in [1.807, 2.05) is 6.92 Å². The van der Waals surface area contributed by atoms with Gasteiger partial charge in [-0.3, -0.25) is 0 Å². The number of methoxy groups -OCH3 is 2. The molecule has 130 valence electrons. The third kappa shape index (κ3) is 5.27. The van der Waals surface area contributed by atoms with Gasteiger partial charge < -0.3 is 15.2 Å². The van der Waals surface area contributed by atoms with E-state index in [0.717, 1.165) is 49.2 Å². The Kier molecular flexibility index (Phi) is 7.13. The van der Waals surface area contributed by atoms with Crippen LogP contribution in [0.5, 0.6) is 11.5 Å². The van der Waals surface area contributed by atoms with E-state index in [2.05, 4.69) is 42.5 Å². The van der Waals surface area contributed by atoms with Gasteiger partial charge in [0.25, 0.3) is 0 Å². The summed E-state index contributed by atoms with van der Waals surface area (Å²) in [4.78, 5) is 0. The molecule has 0 saturated heterocycles. The van der Waals surface area contributed by atoms with Crippen molar-refractivity contribution in [1.82, 2.24) is 0 Å². The van der Waals surface area contributed by atoms with E-state index in [1.165, 1.54) is 11.1 Å². The lowest BCUT2D eigenvalue weighted by Gasteiger charge is -2.16. The molecule has 2 aromatic carbocycles. The van der Waals surface area contributed by atoms with Crippen molar-refractivity contribution in [3.05, 3.63) is 59.2 Å². The van der Waals surface area contributed by atoms with Gasteiger partial charge in [0.15, 0.2) is 0 Å². The van der Waals surface area contributed by atoms with Crippen molar-refractivity contribution in [2.45, 2.75) is 45.1 Å². The third-order valence-corrected chi connectivity index (χ3v) is 4.23. The van der Waals surface area contributed by atoms with Crippen molar-refractivity contribution in [2.24, 2.45) is 5.73 Å². The van der Waals surface area contributed by atoms with E-state index >= 15 is 0 Å². The van der Waals surface area contributed by atoms with Crippen LogP contribution < -0.4 is 15.2 Å². The number of hydrogen-bond donors (Lipinski definition) is 1. The molecule has 0 spiro atoms. The van der Waals surface area contributed by atoms with Gasteiger partial charge in [-0.05, 0) is 67.9 Å². The van der Waals surface area contributed by atoms with Crippen LogP contribution in [0.15, 0.2) is 42.5 Å². The predicted octanol–water partition coefficient (Wildman–Crippen LogP) is 4.16. The molecule has 3 nitrogen and oxygen atoms in total. The average molecular weight is 327 g/mol. The average Bonchev–Trinajstić information content (AvgIpc) is 2.59. The number of nitrogens with two attached hydrogens (primary N) is 1. The van der Waals surface area contributed by atoms with Crippen LogP contribution in [0.3, 0.4) is 0 Å². The predicted molar refractivity (Wildman–Crippen MR) is 100.0 cm³/mol. The Hall–Kier alpha value is -2.00. The second-order valence-electron chi connectivity index (χ2n) is 6.35. The molecular formula is C21H29NO2. The topological polar surface area (TPSA) is 44.5 Å².